The Hall–Kier alpha value is -1.75. The predicted octanol–water partition coefficient (Wildman–Crippen LogP) is 4.60. The predicted molar refractivity (Wildman–Crippen MR) is 90.5 cm³/mol. The van der Waals surface area contributed by atoms with E-state index in [9.17, 15) is 0 Å². The van der Waals surface area contributed by atoms with Gasteiger partial charge in [0, 0.05) is 17.0 Å². The quantitative estimate of drug-likeness (QED) is 0.723. The molecule has 0 saturated carbocycles. The Morgan fingerprint density at radius 2 is 1.64 bits per heavy atom. The molecule has 3 rings (SSSR count). The average Bonchev–Trinajstić information content (AvgIpc) is 2.85. The Bertz CT molecular complexity index is 789. The summed E-state index contributed by atoms with van der Waals surface area (Å²) in [7, 11) is 0. The van der Waals surface area contributed by atoms with Gasteiger partial charge in [-0.15, -0.1) is 5.10 Å². The molecule has 112 valence electrons. The third-order valence-electron chi connectivity index (χ3n) is 3.16. The van der Waals surface area contributed by atoms with Gasteiger partial charge in [-0.2, -0.15) is 4.98 Å². The summed E-state index contributed by atoms with van der Waals surface area (Å²) in [6.45, 7) is 0. The van der Waals surface area contributed by atoms with Crippen LogP contribution in [0.3, 0.4) is 0 Å². The second-order valence-electron chi connectivity index (χ2n) is 4.76. The van der Waals surface area contributed by atoms with Crippen LogP contribution < -0.4 is 5.73 Å². The molecule has 0 radical (unpaired) electrons. The topological polar surface area (TPSA) is 67.6 Å². The molecule has 0 saturated heterocycles. The number of rotatable bonds is 3. The van der Waals surface area contributed by atoms with E-state index in [0.717, 1.165) is 16.7 Å². The van der Waals surface area contributed by atoms with Crippen molar-refractivity contribution in [1.82, 2.24) is 15.2 Å². The van der Waals surface area contributed by atoms with Crippen LogP contribution in [0, 0.1) is 0 Å². The number of aromatic nitrogens is 3. The van der Waals surface area contributed by atoms with Crippen LogP contribution in [-0.2, 0) is 6.42 Å². The van der Waals surface area contributed by atoms with Gasteiger partial charge in [0.05, 0.1) is 10.0 Å². The molecule has 7 heteroatoms. The Morgan fingerprint density at radius 1 is 1.00 bits per heavy atom. The standard InChI is InChI=1S/C15H11Cl3N4/c16-10-3-1-9(2-4-10)14-11(17)5-8(6-12(14)18)7-13-20-15(19)22-21-13/h1-6H,7H2,(H3,19,20,21,22). The first-order valence-electron chi connectivity index (χ1n) is 6.43. The summed E-state index contributed by atoms with van der Waals surface area (Å²) in [6, 6.07) is 11.1. The lowest BCUT2D eigenvalue weighted by Gasteiger charge is -2.10. The van der Waals surface area contributed by atoms with E-state index < -0.39 is 0 Å². The molecule has 0 aliphatic heterocycles. The number of anilines is 1. The minimum absolute atomic E-state index is 0.213. The van der Waals surface area contributed by atoms with Crippen LogP contribution >= 0.6 is 34.8 Å². The zero-order chi connectivity index (χ0) is 15.7. The second kappa shape index (κ2) is 6.16. The molecule has 3 aromatic rings. The zero-order valence-electron chi connectivity index (χ0n) is 11.3. The summed E-state index contributed by atoms with van der Waals surface area (Å²) in [5.74, 6) is 0.869. The highest BCUT2D eigenvalue weighted by Gasteiger charge is 2.12. The van der Waals surface area contributed by atoms with E-state index in [1.165, 1.54) is 0 Å². The summed E-state index contributed by atoms with van der Waals surface area (Å²) >= 11 is 18.7. The number of nitrogens with two attached hydrogens (primary N) is 1. The van der Waals surface area contributed by atoms with Gasteiger partial charge in [0.15, 0.2) is 0 Å². The molecule has 0 atom stereocenters. The normalized spacial score (nSPS) is 10.9. The van der Waals surface area contributed by atoms with E-state index in [-0.39, 0.29) is 5.95 Å². The first kappa shape index (κ1) is 15.2. The van der Waals surface area contributed by atoms with Gasteiger partial charge >= 0.3 is 0 Å². The third-order valence-corrected chi connectivity index (χ3v) is 4.00. The molecular formula is C15H11Cl3N4. The number of halogens is 3. The van der Waals surface area contributed by atoms with Crippen molar-refractivity contribution in [1.29, 1.82) is 0 Å². The summed E-state index contributed by atoms with van der Waals surface area (Å²) in [4.78, 5) is 4.07. The van der Waals surface area contributed by atoms with Crippen molar-refractivity contribution in [2.45, 2.75) is 6.42 Å². The number of benzene rings is 2. The number of nitrogen functional groups attached to an aromatic ring is 1. The average molecular weight is 354 g/mol. The van der Waals surface area contributed by atoms with Crippen molar-refractivity contribution in [3.05, 3.63) is 62.9 Å². The number of aromatic amines is 1. The molecular weight excluding hydrogens is 343 g/mol. The molecule has 22 heavy (non-hydrogen) atoms. The van der Waals surface area contributed by atoms with Gasteiger partial charge in [0.25, 0.3) is 0 Å². The lowest BCUT2D eigenvalue weighted by Crippen LogP contribution is -1.93. The number of hydrogen-bond acceptors (Lipinski definition) is 3. The second-order valence-corrected chi connectivity index (χ2v) is 6.01. The highest BCUT2D eigenvalue weighted by Crippen LogP contribution is 2.36. The largest absolute Gasteiger partial charge is 0.367 e. The Balaban J connectivity index is 1.95. The lowest BCUT2D eigenvalue weighted by atomic mass is 10.0. The van der Waals surface area contributed by atoms with Gasteiger partial charge in [0.2, 0.25) is 5.95 Å². The SMILES string of the molecule is Nc1n[nH]c(Cc2cc(Cl)c(-c3ccc(Cl)cc3)c(Cl)c2)n1. The van der Waals surface area contributed by atoms with Crippen LogP contribution in [0.1, 0.15) is 11.4 Å². The Morgan fingerprint density at radius 3 is 2.18 bits per heavy atom. The fourth-order valence-corrected chi connectivity index (χ4v) is 3.08. The smallest absolute Gasteiger partial charge is 0.239 e. The van der Waals surface area contributed by atoms with Crippen LogP contribution in [0.25, 0.3) is 11.1 Å². The van der Waals surface area contributed by atoms with E-state index in [4.69, 9.17) is 40.5 Å². The molecule has 2 aromatic carbocycles. The van der Waals surface area contributed by atoms with Crippen molar-refractivity contribution >= 4 is 40.8 Å². The zero-order valence-corrected chi connectivity index (χ0v) is 13.5. The van der Waals surface area contributed by atoms with Gasteiger partial charge in [-0.25, -0.2) is 0 Å². The Labute approximate surface area is 142 Å². The molecule has 3 N–H and O–H groups in total. The molecule has 4 nitrogen and oxygen atoms in total. The number of hydrogen-bond donors (Lipinski definition) is 2. The first-order chi connectivity index (χ1) is 10.5. The van der Waals surface area contributed by atoms with Crippen molar-refractivity contribution in [2.75, 3.05) is 5.73 Å². The maximum atomic E-state index is 6.39. The molecule has 0 bridgehead atoms. The molecule has 0 aliphatic rings. The molecule has 0 spiro atoms. The summed E-state index contributed by atoms with van der Waals surface area (Å²) < 4.78 is 0. The first-order valence-corrected chi connectivity index (χ1v) is 7.57. The Kier molecular flexibility index (Phi) is 4.25. The van der Waals surface area contributed by atoms with Crippen LogP contribution in [0.4, 0.5) is 5.95 Å². The molecule has 0 amide bonds. The minimum Gasteiger partial charge on any atom is -0.367 e. The van der Waals surface area contributed by atoms with Crippen molar-refractivity contribution in [3.8, 4) is 11.1 Å². The van der Waals surface area contributed by atoms with Gasteiger partial charge in [-0.1, -0.05) is 46.9 Å². The number of nitrogens with one attached hydrogen (secondary N) is 1. The van der Waals surface area contributed by atoms with Gasteiger partial charge in [0.1, 0.15) is 5.82 Å². The van der Waals surface area contributed by atoms with Gasteiger partial charge < -0.3 is 5.73 Å². The number of H-pyrrole nitrogens is 1. The van der Waals surface area contributed by atoms with E-state index >= 15 is 0 Å². The monoisotopic (exact) mass is 352 g/mol. The highest BCUT2D eigenvalue weighted by molar-refractivity contribution is 6.39. The van der Waals surface area contributed by atoms with E-state index in [1.54, 1.807) is 12.1 Å². The molecule has 0 aliphatic carbocycles. The maximum Gasteiger partial charge on any atom is 0.239 e. The van der Waals surface area contributed by atoms with Crippen molar-refractivity contribution in [3.63, 3.8) is 0 Å². The van der Waals surface area contributed by atoms with Crippen LogP contribution in [0.5, 0.6) is 0 Å². The maximum absolute atomic E-state index is 6.39. The van der Waals surface area contributed by atoms with Crippen molar-refractivity contribution in [2.24, 2.45) is 0 Å². The van der Waals surface area contributed by atoms with Crippen LogP contribution in [-0.4, -0.2) is 15.2 Å². The molecule has 0 fully saturated rings. The van der Waals surface area contributed by atoms with E-state index in [0.29, 0.717) is 27.3 Å². The molecule has 0 unspecified atom stereocenters. The van der Waals surface area contributed by atoms with Crippen LogP contribution in [0.2, 0.25) is 15.1 Å². The summed E-state index contributed by atoms with van der Waals surface area (Å²) in [5, 5.41) is 8.35. The fourth-order valence-electron chi connectivity index (χ4n) is 2.20. The third kappa shape index (κ3) is 3.19. The highest BCUT2D eigenvalue weighted by atomic mass is 35.5. The van der Waals surface area contributed by atoms with Crippen LogP contribution in [0.15, 0.2) is 36.4 Å². The van der Waals surface area contributed by atoms with Crippen molar-refractivity contribution < 1.29 is 0 Å². The van der Waals surface area contributed by atoms with Gasteiger partial charge in [-0.05, 0) is 35.4 Å². The molecule has 1 aromatic heterocycles. The van der Waals surface area contributed by atoms with Gasteiger partial charge in [-0.3, -0.25) is 5.10 Å². The molecule has 1 heterocycles. The van der Waals surface area contributed by atoms with E-state index in [2.05, 4.69) is 15.2 Å². The summed E-state index contributed by atoms with van der Waals surface area (Å²) in [5.41, 5.74) is 8.10. The summed E-state index contributed by atoms with van der Waals surface area (Å²) in [6.07, 6.45) is 0.518. The van der Waals surface area contributed by atoms with E-state index in [1.807, 2.05) is 24.3 Å². The number of nitrogens with zero attached hydrogens (tertiary/aromatic N) is 2. The fraction of sp³-hybridized carbons (Fsp3) is 0.0667. The minimum atomic E-state index is 0.213. The lowest BCUT2D eigenvalue weighted by molar-refractivity contribution is 0.973.